The van der Waals surface area contributed by atoms with Crippen molar-refractivity contribution in [1.82, 2.24) is 10.2 Å². The fourth-order valence-electron chi connectivity index (χ4n) is 2.27. The van der Waals surface area contributed by atoms with Crippen molar-refractivity contribution in [2.75, 3.05) is 20.6 Å². The number of hydrogen-bond donors (Lipinski definition) is 1. The predicted octanol–water partition coefficient (Wildman–Crippen LogP) is 4.19. The van der Waals surface area contributed by atoms with Gasteiger partial charge in [0, 0.05) is 18.1 Å². The Kier molecular flexibility index (Phi) is 6.22. The average Bonchev–Trinajstić information content (AvgIpc) is 2.44. The van der Waals surface area contributed by atoms with Crippen LogP contribution >= 0.6 is 0 Å². The summed E-state index contributed by atoms with van der Waals surface area (Å²) in [5.74, 6) is 0.596. The maximum atomic E-state index is 3.45. The summed E-state index contributed by atoms with van der Waals surface area (Å²) in [6.07, 6.45) is 1.16. The van der Waals surface area contributed by atoms with E-state index < -0.39 is 0 Å². The number of likely N-dealkylation sites (N-methyl/N-ethyl adjacent to an activating group) is 2. The molecule has 1 atom stereocenters. The summed E-state index contributed by atoms with van der Waals surface area (Å²) in [6, 6.07) is 9.43. The van der Waals surface area contributed by atoms with E-state index in [1.165, 1.54) is 11.1 Å². The molecule has 0 aliphatic carbocycles. The van der Waals surface area contributed by atoms with Crippen LogP contribution in [-0.2, 0) is 0 Å². The molecule has 0 saturated carbocycles. The van der Waals surface area contributed by atoms with Crippen molar-refractivity contribution in [2.24, 2.45) is 0 Å². The second-order valence-corrected chi connectivity index (χ2v) is 6.71. The van der Waals surface area contributed by atoms with Gasteiger partial charge in [-0.15, -0.1) is 0 Å². The van der Waals surface area contributed by atoms with Crippen LogP contribution in [0.1, 0.15) is 64.1 Å². The quantitative estimate of drug-likeness (QED) is 0.803. The topological polar surface area (TPSA) is 15.3 Å². The molecule has 1 aromatic rings. The summed E-state index contributed by atoms with van der Waals surface area (Å²) in [5.41, 5.74) is 3.02. The highest BCUT2D eigenvalue weighted by Gasteiger charge is 2.23. The van der Waals surface area contributed by atoms with E-state index in [0.29, 0.717) is 12.0 Å². The lowest BCUT2D eigenvalue weighted by atomic mass is 9.96. The summed E-state index contributed by atoms with van der Waals surface area (Å²) in [5, 5.41) is 3.45. The van der Waals surface area contributed by atoms with Crippen LogP contribution in [0.15, 0.2) is 24.3 Å². The van der Waals surface area contributed by atoms with Gasteiger partial charge in [-0.3, -0.25) is 4.90 Å². The minimum atomic E-state index is 0.243. The van der Waals surface area contributed by atoms with E-state index in [4.69, 9.17) is 0 Å². The predicted molar refractivity (Wildman–Crippen MR) is 89.3 cm³/mol. The lowest BCUT2D eigenvalue weighted by molar-refractivity contribution is 0.137. The molecule has 0 aliphatic heterocycles. The molecular formula is C18H32N2. The molecule has 0 radical (unpaired) electrons. The van der Waals surface area contributed by atoms with Crippen molar-refractivity contribution in [3.63, 3.8) is 0 Å². The third-order valence-corrected chi connectivity index (χ3v) is 4.71. The van der Waals surface area contributed by atoms with Gasteiger partial charge < -0.3 is 5.32 Å². The first kappa shape index (κ1) is 17.2. The largest absolute Gasteiger partial charge is 0.312 e. The SMILES string of the molecule is CCC(C)(C)N(C)CC(NC)c1ccc(C(C)C)cc1. The van der Waals surface area contributed by atoms with Crippen molar-refractivity contribution in [3.05, 3.63) is 35.4 Å². The molecule has 0 fully saturated rings. The molecule has 0 aromatic heterocycles. The highest BCUT2D eigenvalue weighted by Crippen LogP contribution is 2.23. The van der Waals surface area contributed by atoms with Gasteiger partial charge in [0.2, 0.25) is 0 Å². The van der Waals surface area contributed by atoms with Gasteiger partial charge in [0.1, 0.15) is 0 Å². The molecule has 2 heteroatoms. The minimum absolute atomic E-state index is 0.243. The van der Waals surface area contributed by atoms with Gasteiger partial charge in [0.25, 0.3) is 0 Å². The first-order valence-corrected chi connectivity index (χ1v) is 7.80. The van der Waals surface area contributed by atoms with Crippen molar-refractivity contribution < 1.29 is 0 Å². The summed E-state index contributed by atoms with van der Waals surface area (Å²) in [4.78, 5) is 2.45. The van der Waals surface area contributed by atoms with Gasteiger partial charge in [-0.1, -0.05) is 45.0 Å². The van der Waals surface area contributed by atoms with Crippen molar-refractivity contribution >= 4 is 0 Å². The fraction of sp³-hybridized carbons (Fsp3) is 0.667. The Morgan fingerprint density at radius 1 is 1.10 bits per heavy atom. The Hall–Kier alpha value is -0.860. The molecule has 0 amide bonds. The molecule has 20 heavy (non-hydrogen) atoms. The van der Waals surface area contributed by atoms with E-state index in [1.54, 1.807) is 0 Å². The summed E-state index contributed by atoms with van der Waals surface area (Å²) in [6.45, 7) is 12.4. The highest BCUT2D eigenvalue weighted by molar-refractivity contribution is 5.27. The van der Waals surface area contributed by atoms with E-state index in [0.717, 1.165) is 13.0 Å². The molecule has 2 nitrogen and oxygen atoms in total. The molecule has 0 heterocycles. The molecule has 0 aliphatic rings. The molecule has 0 saturated heterocycles. The molecule has 114 valence electrons. The first-order valence-electron chi connectivity index (χ1n) is 7.80. The van der Waals surface area contributed by atoms with Crippen LogP contribution in [0.5, 0.6) is 0 Å². The van der Waals surface area contributed by atoms with Crippen LogP contribution < -0.4 is 5.32 Å². The standard InChI is InChI=1S/C18H32N2/c1-8-18(4,5)20(7)13-17(19-6)16-11-9-15(10-12-16)14(2)3/h9-12,14,17,19H,8,13H2,1-7H3. The smallest absolute Gasteiger partial charge is 0.0446 e. The molecule has 1 unspecified atom stereocenters. The van der Waals surface area contributed by atoms with Crippen LogP contribution in [0.3, 0.4) is 0 Å². The van der Waals surface area contributed by atoms with Gasteiger partial charge in [0.05, 0.1) is 0 Å². The molecule has 0 bridgehead atoms. The number of rotatable bonds is 7. The Labute approximate surface area is 125 Å². The second-order valence-electron chi connectivity index (χ2n) is 6.71. The Morgan fingerprint density at radius 3 is 2.00 bits per heavy atom. The zero-order valence-corrected chi connectivity index (χ0v) is 14.3. The summed E-state index contributed by atoms with van der Waals surface area (Å²) < 4.78 is 0. The summed E-state index contributed by atoms with van der Waals surface area (Å²) >= 11 is 0. The molecular weight excluding hydrogens is 244 g/mol. The minimum Gasteiger partial charge on any atom is -0.312 e. The Morgan fingerprint density at radius 2 is 1.60 bits per heavy atom. The van der Waals surface area contributed by atoms with Crippen molar-refractivity contribution in [3.8, 4) is 0 Å². The highest BCUT2D eigenvalue weighted by atomic mass is 15.2. The van der Waals surface area contributed by atoms with Crippen LogP contribution in [-0.4, -0.2) is 31.1 Å². The maximum Gasteiger partial charge on any atom is 0.0446 e. The van der Waals surface area contributed by atoms with Gasteiger partial charge in [-0.05, 0) is 51.4 Å². The van der Waals surface area contributed by atoms with Gasteiger partial charge >= 0.3 is 0 Å². The van der Waals surface area contributed by atoms with Crippen molar-refractivity contribution in [1.29, 1.82) is 0 Å². The maximum absolute atomic E-state index is 3.45. The van der Waals surface area contributed by atoms with E-state index in [-0.39, 0.29) is 5.54 Å². The van der Waals surface area contributed by atoms with Crippen LogP contribution in [0.4, 0.5) is 0 Å². The third kappa shape index (κ3) is 4.32. The molecule has 1 N–H and O–H groups in total. The van der Waals surface area contributed by atoms with Gasteiger partial charge in [0.15, 0.2) is 0 Å². The van der Waals surface area contributed by atoms with E-state index in [9.17, 15) is 0 Å². The Balaban J connectivity index is 2.80. The number of hydrogen-bond acceptors (Lipinski definition) is 2. The van der Waals surface area contributed by atoms with Crippen molar-refractivity contribution in [2.45, 2.75) is 58.5 Å². The molecule has 1 rings (SSSR count). The third-order valence-electron chi connectivity index (χ3n) is 4.71. The second kappa shape index (κ2) is 7.24. The average molecular weight is 276 g/mol. The van der Waals surface area contributed by atoms with Gasteiger partial charge in [-0.25, -0.2) is 0 Å². The van der Waals surface area contributed by atoms with E-state index in [1.807, 2.05) is 7.05 Å². The lowest BCUT2D eigenvalue weighted by Crippen LogP contribution is -2.44. The normalized spacial score (nSPS) is 14.1. The lowest BCUT2D eigenvalue weighted by Gasteiger charge is -2.37. The van der Waals surface area contributed by atoms with Gasteiger partial charge in [-0.2, -0.15) is 0 Å². The Bertz CT molecular complexity index is 392. The monoisotopic (exact) mass is 276 g/mol. The fourth-order valence-corrected chi connectivity index (χ4v) is 2.27. The van der Waals surface area contributed by atoms with E-state index >= 15 is 0 Å². The zero-order valence-electron chi connectivity index (χ0n) is 14.3. The molecule has 0 spiro atoms. The first-order chi connectivity index (χ1) is 9.31. The number of benzene rings is 1. The number of nitrogens with zero attached hydrogens (tertiary/aromatic N) is 1. The number of nitrogens with one attached hydrogen (secondary N) is 1. The van der Waals surface area contributed by atoms with Crippen LogP contribution in [0.25, 0.3) is 0 Å². The van der Waals surface area contributed by atoms with Crippen LogP contribution in [0.2, 0.25) is 0 Å². The summed E-state index contributed by atoms with van der Waals surface area (Å²) in [7, 11) is 4.27. The molecule has 1 aromatic carbocycles. The van der Waals surface area contributed by atoms with Crippen LogP contribution in [0, 0.1) is 0 Å². The zero-order chi connectivity index (χ0) is 15.3. The van der Waals surface area contributed by atoms with E-state index in [2.05, 4.69) is 76.1 Å².